The van der Waals surface area contributed by atoms with E-state index in [1.807, 2.05) is 11.8 Å². The van der Waals surface area contributed by atoms with E-state index in [1.54, 1.807) is 0 Å². The maximum Gasteiger partial charge on any atom is 0.226 e. The molecule has 1 heterocycles. The Labute approximate surface area is 123 Å². The van der Waals surface area contributed by atoms with Crippen molar-refractivity contribution in [3.05, 3.63) is 0 Å². The Hall–Kier alpha value is -0.0300. The molecule has 0 aromatic heterocycles. The predicted molar refractivity (Wildman–Crippen MR) is 80.6 cm³/mol. The number of hydrogen-bond donors (Lipinski definition) is 1. The Bertz CT molecular complexity index is 231. The monoisotopic (exact) mass is 299 g/mol. The van der Waals surface area contributed by atoms with Crippen LogP contribution >= 0.6 is 24.8 Å². The van der Waals surface area contributed by atoms with Crippen LogP contribution in [0.1, 0.15) is 20.8 Å². The van der Waals surface area contributed by atoms with E-state index in [0.29, 0.717) is 12.5 Å². The zero-order chi connectivity index (χ0) is 12.1. The molecule has 1 amide bonds. The van der Waals surface area contributed by atoms with Crippen LogP contribution in [0.15, 0.2) is 0 Å². The number of piperazine rings is 1. The molecule has 1 rings (SSSR count). The van der Waals surface area contributed by atoms with Crippen LogP contribution in [0.4, 0.5) is 0 Å². The minimum atomic E-state index is -0.0309. The van der Waals surface area contributed by atoms with E-state index in [2.05, 4.69) is 18.7 Å². The first-order valence-electron chi connectivity index (χ1n) is 6.25. The van der Waals surface area contributed by atoms with E-state index in [1.165, 1.54) is 0 Å². The highest BCUT2D eigenvalue weighted by Crippen LogP contribution is 2.08. The Kier molecular flexibility index (Phi) is 11.1. The lowest BCUT2D eigenvalue weighted by molar-refractivity contribution is -0.136. The standard InChI is InChI=1S/C12H25N3O.2ClH/c1-10(2)9-14-4-6-15(7-5-14)12(16)11(3)8-13;;/h10-11H,4-9,13H2,1-3H3;2*1H. The molecule has 4 nitrogen and oxygen atoms in total. The van der Waals surface area contributed by atoms with Gasteiger partial charge in [-0.2, -0.15) is 0 Å². The van der Waals surface area contributed by atoms with E-state index in [0.717, 1.165) is 32.7 Å². The SMILES string of the molecule is CC(C)CN1CCN(C(=O)C(C)CN)CC1.Cl.Cl. The summed E-state index contributed by atoms with van der Waals surface area (Å²) in [5, 5.41) is 0. The molecule has 18 heavy (non-hydrogen) atoms. The smallest absolute Gasteiger partial charge is 0.226 e. The van der Waals surface area contributed by atoms with Gasteiger partial charge in [-0.3, -0.25) is 9.69 Å². The molecule has 0 bridgehead atoms. The number of amides is 1. The van der Waals surface area contributed by atoms with Gasteiger partial charge in [0.15, 0.2) is 0 Å². The van der Waals surface area contributed by atoms with Gasteiger partial charge in [-0.15, -0.1) is 24.8 Å². The van der Waals surface area contributed by atoms with Gasteiger partial charge in [0.2, 0.25) is 5.91 Å². The summed E-state index contributed by atoms with van der Waals surface area (Å²) in [6, 6.07) is 0. The number of hydrogen-bond acceptors (Lipinski definition) is 3. The second kappa shape index (κ2) is 9.84. The summed E-state index contributed by atoms with van der Waals surface area (Å²) in [7, 11) is 0. The molecule has 1 unspecified atom stereocenters. The van der Waals surface area contributed by atoms with Crippen molar-refractivity contribution in [1.29, 1.82) is 0 Å². The summed E-state index contributed by atoms with van der Waals surface area (Å²) in [6.45, 7) is 11.7. The number of carbonyl (C=O) groups is 1. The minimum Gasteiger partial charge on any atom is -0.340 e. The third-order valence-electron chi connectivity index (χ3n) is 3.08. The van der Waals surface area contributed by atoms with Gasteiger partial charge >= 0.3 is 0 Å². The quantitative estimate of drug-likeness (QED) is 0.849. The van der Waals surface area contributed by atoms with Crippen molar-refractivity contribution >= 4 is 30.7 Å². The molecule has 1 atom stereocenters. The van der Waals surface area contributed by atoms with Crippen LogP contribution in [0.5, 0.6) is 0 Å². The van der Waals surface area contributed by atoms with Gasteiger partial charge in [-0.05, 0) is 5.92 Å². The van der Waals surface area contributed by atoms with E-state index >= 15 is 0 Å². The largest absolute Gasteiger partial charge is 0.340 e. The van der Waals surface area contributed by atoms with Crippen molar-refractivity contribution in [2.24, 2.45) is 17.6 Å². The lowest BCUT2D eigenvalue weighted by Crippen LogP contribution is -2.51. The maximum absolute atomic E-state index is 11.9. The highest BCUT2D eigenvalue weighted by atomic mass is 35.5. The third-order valence-corrected chi connectivity index (χ3v) is 3.08. The molecule has 1 aliphatic heterocycles. The normalized spacial score (nSPS) is 17.9. The van der Waals surface area contributed by atoms with Gasteiger partial charge in [0.25, 0.3) is 0 Å². The molecule has 0 aromatic rings. The molecule has 0 radical (unpaired) electrons. The molecule has 2 N–H and O–H groups in total. The molecule has 1 aliphatic rings. The number of nitrogens with zero attached hydrogens (tertiary/aromatic N) is 2. The third kappa shape index (κ3) is 6.23. The average Bonchev–Trinajstić information content (AvgIpc) is 2.27. The summed E-state index contributed by atoms with van der Waals surface area (Å²) in [6.07, 6.45) is 0. The molecular weight excluding hydrogens is 273 g/mol. The van der Waals surface area contributed by atoms with Crippen LogP contribution in [0.2, 0.25) is 0 Å². The molecule has 0 aliphatic carbocycles. The topological polar surface area (TPSA) is 49.6 Å². The van der Waals surface area contributed by atoms with E-state index in [9.17, 15) is 4.79 Å². The highest BCUT2D eigenvalue weighted by Gasteiger charge is 2.24. The molecule has 1 fully saturated rings. The van der Waals surface area contributed by atoms with Crippen LogP contribution in [0.25, 0.3) is 0 Å². The molecule has 110 valence electrons. The summed E-state index contributed by atoms with van der Waals surface area (Å²) >= 11 is 0. The fourth-order valence-corrected chi connectivity index (χ4v) is 2.08. The van der Waals surface area contributed by atoms with Gasteiger partial charge in [0.1, 0.15) is 0 Å². The Morgan fingerprint density at radius 3 is 2.00 bits per heavy atom. The van der Waals surface area contributed by atoms with Crippen molar-refractivity contribution in [2.45, 2.75) is 20.8 Å². The van der Waals surface area contributed by atoms with Gasteiger partial charge in [-0.25, -0.2) is 0 Å². The average molecular weight is 300 g/mol. The molecule has 0 saturated carbocycles. The minimum absolute atomic E-state index is 0. The van der Waals surface area contributed by atoms with Crippen LogP contribution in [-0.2, 0) is 4.79 Å². The first-order valence-corrected chi connectivity index (χ1v) is 6.25. The number of halogens is 2. The van der Waals surface area contributed by atoms with Crippen LogP contribution in [0, 0.1) is 11.8 Å². The molecule has 0 spiro atoms. The first-order chi connectivity index (χ1) is 7.54. The first kappa shape index (κ1) is 20.3. The summed E-state index contributed by atoms with van der Waals surface area (Å²) in [4.78, 5) is 16.3. The Morgan fingerprint density at radius 2 is 1.61 bits per heavy atom. The maximum atomic E-state index is 11.9. The van der Waals surface area contributed by atoms with E-state index in [-0.39, 0.29) is 36.6 Å². The molecular formula is C12H27Cl2N3O. The van der Waals surface area contributed by atoms with Crippen molar-refractivity contribution in [3.8, 4) is 0 Å². The summed E-state index contributed by atoms with van der Waals surface area (Å²) in [5.74, 6) is 0.883. The molecule has 0 aromatic carbocycles. The van der Waals surface area contributed by atoms with E-state index < -0.39 is 0 Å². The number of carbonyl (C=O) groups excluding carboxylic acids is 1. The van der Waals surface area contributed by atoms with Crippen LogP contribution < -0.4 is 5.73 Å². The van der Waals surface area contributed by atoms with Gasteiger partial charge in [-0.1, -0.05) is 20.8 Å². The Balaban J connectivity index is 0. The fourth-order valence-electron chi connectivity index (χ4n) is 2.08. The van der Waals surface area contributed by atoms with Crippen molar-refractivity contribution in [1.82, 2.24) is 9.80 Å². The Morgan fingerprint density at radius 1 is 1.11 bits per heavy atom. The second-order valence-electron chi connectivity index (χ2n) is 5.16. The van der Waals surface area contributed by atoms with Crippen LogP contribution in [0.3, 0.4) is 0 Å². The lowest BCUT2D eigenvalue weighted by Gasteiger charge is -2.36. The predicted octanol–water partition coefficient (Wildman–Crippen LogP) is 1.22. The second-order valence-corrected chi connectivity index (χ2v) is 5.16. The fraction of sp³-hybridized carbons (Fsp3) is 0.917. The highest BCUT2D eigenvalue weighted by molar-refractivity contribution is 5.85. The summed E-state index contributed by atoms with van der Waals surface area (Å²) in [5.41, 5.74) is 5.51. The summed E-state index contributed by atoms with van der Waals surface area (Å²) < 4.78 is 0. The lowest BCUT2D eigenvalue weighted by atomic mass is 10.1. The molecule has 6 heteroatoms. The van der Waals surface area contributed by atoms with Gasteiger partial charge in [0, 0.05) is 45.2 Å². The van der Waals surface area contributed by atoms with E-state index in [4.69, 9.17) is 5.73 Å². The van der Waals surface area contributed by atoms with Crippen molar-refractivity contribution in [2.75, 3.05) is 39.3 Å². The van der Waals surface area contributed by atoms with Crippen LogP contribution in [-0.4, -0.2) is 55.0 Å². The van der Waals surface area contributed by atoms with Gasteiger partial charge < -0.3 is 10.6 Å². The number of nitrogens with two attached hydrogens (primary N) is 1. The van der Waals surface area contributed by atoms with Crippen molar-refractivity contribution < 1.29 is 4.79 Å². The van der Waals surface area contributed by atoms with Crippen molar-refractivity contribution in [3.63, 3.8) is 0 Å². The zero-order valence-electron chi connectivity index (χ0n) is 11.6. The molecule has 1 saturated heterocycles. The number of rotatable bonds is 4. The zero-order valence-corrected chi connectivity index (χ0v) is 13.2. The van der Waals surface area contributed by atoms with Gasteiger partial charge in [0.05, 0.1) is 0 Å².